The van der Waals surface area contributed by atoms with Gasteiger partial charge in [0, 0.05) is 11.3 Å². The average molecular weight is 273 g/mol. The van der Waals surface area contributed by atoms with E-state index in [1.54, 1.807) is 14.2 Å². The zero-order valence-electron chi connectivity index (χ0n) is 10.8. The predicted molar refractivity (Wildman–Crippen MR) is 81.3 cm³/mol. The van der Waals surface area contributed by atoms with Gasteiger partial charge in [0.05, 0.1) is 14.2 Å². The van der Waals surface area contributed by atoms with Crippen LogP contribution in [0, 0.1) is 0 Å². The second kappa shape index (κ2) is 6.20. The van der Waals surface area contributed by atoms with Gasteiger partial charge in [-0.15, -0.1) is 0 Å². The fourth-order valence-electron chi connectivity index (χ4n) is 1.62. The molecule has 0 aliphatic heterocycles. The van der Waals surface area contributed by atoms with Crippen LogP contribution in [0.3, 0.4) is 0 Å². The van der Waals surface area contributed by atoms with Crippen LogP contribution in [0.2, 0.25) is 0 Å². The molecule has 0 radical (unpaired) electrons. The van der Waals surface area contributed by atoms with E-state index < -0.39 is 0 Å². The Labute approximate surface area is 118 Å². The third kappa shape index (κ3) is 3.45. The van der Waals surface area contributed by atoms with E-state index in [-0.39, 0.29) is 0 Å². The van der Waals surface area contributed by atoms with E-state index in [9.17, 15) is 0 Å². The zero-order valence-corrected chi connectivity index (χ0v) is 11.7. The van der Waals surface area contributed by atoms with Gasteiger partial charge in [-0.1, -0.05) is 12.2 Å². The predicted octanol–water partition coefficient (Wildman–Crippen LogP) is 3.49. The summed E-state index contributed by atoms with van der Waals surface area (Å²) in [5.41, 5.74) is 1.88. The molecule has 19 heavy (non-hydrogen) atoms. The molecule has 0 unspecified atom stereocenters. The second-order valence-electron chi connectivity index (χ2n) is 3.91. The SMILES string of the molecule is COc1ccc(NC(=S)c2ccc(OC)cc2)cc1. The average Bonchev–Trinajstić information content (AvgIpc) is 2.48. The van der Waals surface area contributed by atoms with Crippen LogP contribution in [-0.2, 0) is 0 Å². The summed E-state index contributed by atoms with van der Waals surface area (Å²) in [5.74, 6) is 1.64. The lowest BCUT2D eigenvalue weighted by atomic mass is 10.2. The van der Waals surface area contributed by atoms with Crippen LogP contribution in [0.15, 0.2) is 48.5 Å². The molecule has 98 valence electrons. The van der Waals surface area contributed by atoms with Crippen molar-refractivity contribution in [1.82, 2.24) is 0 Å². The fourth-order valence-corrected chi connectivity index (χ4v) is 1.87. The third-order valence-corrected chi connectivity index (χ3v) is 3.04. The fraction of sp³-hybridized carbons (Fsp3) is 0.133. The van der Waals surface area contributed by atoms with Crippen molar-refractivity contribution >= 4 is 22.9 Å². The lowest BCUT2D eigenvalue weighted by Gasteiger charge is -2.09. The molecule has 0 saturated carbocycles. The normalized spacial score (nSPS) is 9.79. The molecule has 2 aromatic carbocycles. The first-order chi connectivity index (χ1) is 9.22. The summed E-state index contributed by atoms with van der Waals surface area (Å²) < 4.78 is 10.2. The quantitative estimate of drug-likeness (QED) is 0.864. The molecule has 0 bridgehead atoms. The number of methoxy groups -OCH3 is 2. The Bertz CT molecular complexity index is 549. The smallest absolute Gasteiger partial charge is 0.119 e. The van der Waals surface area contributed by atoms with Gasteiger partial charge in [0.25, 0.3) is 0 Å². The highest BCUT2D eigenvalue weighted by Crippen LogP contribution is 2.17. The van der Waals surface area contributed by atoms with Gasteiger partial charge in [-0.25, -0.2) is 0 Å². The number of hydrogen-bond acceptors (Lipinski definition) is 3. The number of hydrogen-bond donors (Lipinski definition) is 1. The number of thiocarbonyl (C=S) groups is 1. The van der Waals surface area contributed by atoms with Crippen molar-refractivity contribution in [2.24, 2.45) is 0 Å². The molecular weight excluding hydrogens is 258 g/mol. The first-order valence-corrected chi connectivity index (χ1v) is 6.23. The van der Waals surface area contributed by atoms with Crippen molar-refractivity contribution in [3.05, 3.63) is 54.1 Å². The highest BCUT2D eigenvalue weighted by atomic mass is 32.1. The number of nitrogens with one attached hydrogen (secondary N) is 1. The molecule has 0 heterocycles. The minimum Gasteiger partial charge on any atom is -0.497 e. The minimum atomic E-state index is 0.674. The number of ether oxygens (including phenoxy) is 2. The summed E-state index contributed by atoms with van der Waals surface area (Å²) in [6.07, 6.45) is 0. The highest BCUT2D eigenvalue weighted by molar-refractivity contribution is 7.81. The van der Waals surface area contributed by atoms with Gasteiger partial charge in [0.15, 0.2) is 0 Å². The largest absolute Gasteiger partial charge is 0.497 e. The van der Waals surface area contributed by atoms with E-state index in [4.69, 9.17) is 21.7 Å². The van der Waals surface area contributed by atoms with Gasteiger partial charge >= 0.3 is 0 Å². The molecule has 3 nitrogen and oxygen atoms in total. The molecule has 0 saturated heterocycles. The van der Waals surface area contributed by atoms with E-state index in [1.807, 2.05) is 48.5 Å². The van der Waals surface area contributed by atoms with Crippen LogP contribution in [0.25, 0.3) is 0 Å². The standard InChI is InChI=1S/C15H15NO2S/c1-17-13-7-3-11(4-8-13)15(19)16-12-5-9-14(18-2)10-6-12/h3-10H,1-2H3,(H,16,19). The second-order valence-corrected chi connectivity index (χ2v) is 4.32. The summed E-state index contributed by atoms with van der Waals surface area (Å²) >= 11 is 5.36. The summed E-state index contributed by atoms with van der Waals surface area (Å²) in [4.78, 5) is 0.674. The number of rotatable bonds is 4. The van der Waals surface area contributed by atoms with E-state index in [2.05, 4.69) is 5.32 Å². The molecule has 2 rings (SSSR count). The Hall–Kier alpha value is -2.07. The van der Waals surface area contributed by atoms with E-state index in [1.165, 1.54) is 0 Å². The Morgan fingerprint density at radius 3 is 1.79 bits per heavy atom. The van der Waals surface area contributed by atoms with Gasteiger partial charge in [-0.2, -0.15) is 0 Å². The maximum Gasteiger partial charge on any atom is 0.119 e. The Morgan fingerprint density at radius 2 is 1.32 bits per heavy atom. The first kappa shape index (κ1) is 13.4. The van der Waals surface area contributed by atoms with E-state index in [0.29, 0.717) is 4.99 Å². The van der Waals surface area contributed by atoms with Gasteiger partial charge in [0.1, 0.15) is 16.5 Å². The molecular formula is C15H15NO2S. The van der Waals surface area contributed by atoms with Crippen LogP contribution in [-0.4, -0.2) is 19.2 Å². The van der Waals surface area contributed by atoms with Crippen LogP contribution in [0.4, 0.5) is 5.69 Å². The van der Waals surface area contributed by atoms with Crippen LogP contribution < -0.4 is 14.8 Å². The highest BCUT2D eigenvalue weighted by Gasteiger charge is 2.02. The Kier molecular flexibility index (Phi) is 4.36. The molecule has 0 spiro atoms. The van der Waals surface area contributed by atoms with E-state index >= 15 is 0 Å². The lowest BCUT2D eigenvalue weighted by Crippen LogP contribution is -2.10. The molecule has 4 heteroatoms. The maximum absolute atomic E-state index is 5.36. The van der Waals surface area contributed by atoms with Gasteiger partial charge in [-0.05, 0) is 48.5 Å². The molecule has 0 amide bonds. The molecule has 2 aromatic rings. The summed E-state index contributed by atoms with van der Waals surface area (Å²) in [6, 6.07) is 15.3. The Balaban J connectivity index is 2.06. The van der Waals surface area contributed by atoms with Crippen molar-refractivity contribution < 1.29 is 9.47 Å². The topological polar surface area (TPSA) is 30.5 Å². The van der Waals surface area contributed by atoms with Crippen molar-refractivity contribution in [3.8, 4) is 11.5 Å². The third-order valence-electron chi connectivity index (χ3n) is 2.70. The lowest BCUT2D eigenvalue weighted by molar-refractivity contribution is 0.414. The summed E-state index contributed by atoms with van der Waals surface area (Å²) in [5, 5.41) is 3.18. The van der Waals surface area contributed by atoms with Crippen LogP contribution in [0.1, 0.15) is 5.56 Å². The van der Waals surface area contributed by atoms with E-state index in [0.717, 1.165) is 22.7 Å². The van der Waals surface area contributed by atoms with Crippen molar-refractivity contribution in [3.63, 3.8) is 0 Å². The van der Waals surface area contributed by atoms with Crippen molar-refractivity contribution in [2.45, 2.75) is 0 Å². The molecule has 0 fully saturated rings. The summed E-state index contributed by atoms with van der Waals surface area (Å²) in [7, 11) is 3.29. The van der Waals surface area contributed by atoms with Gasteiger partial charge in [0.2, 0.25) is 0 Å². The molecule has 0 aliphatic carbocycles. The van der Waals surface area contributed by atoms with Gasteiger partial charge in [-0.3, -0.25) is 0 Å². The van der Waals surface area contributed by atoms with Crippen molar-refractivity contribution in [1.29, 1.82) is 0 Å². The molecule has 0 aliphatic rings. The van der Waals surface area contributed by atoms with Crippen LogP contribution >= 0.6 is 12.2 Å². The van der Waals surface area contributed by atoms with Crippen molar-refractivity contribution in [2.75, 3.05) is 19.5 Å². The summed E-state index contributed by atoms with van der Waals surface area (Å²) in [6.45, 7) is 0. The maximum atomic E-state index is 5.36. The molecule has 0 aromatic heterocycles. The van der Waals surface area contributed by atoms with Crippen LogP contribution in [0.5, 0.6) is 11.5 Å². The zero-order chi connectivity index (χ0) is 13.7. The monoisotopic (exact) mass is 273 g/mol. The molecule has 1 N–H and O–H groups in total. The number of anilines is 1. The molecule has 0 atom stereocenters. The first-order valence-electron chi connectivity index (χ1n) is 5.82. The Morgan fingerprint density at radius 1 is 0.842 bits per heavy atom. The number of benzene rings is 2. The minimum absolute atomic E-state index is 0.674. The van der Waals surface area contributed by atoms with Gasteiger partial charge < -0.3 is 14.8 Å².